The summed E-state index contributed by atoms with van der Waals surface area (Å²) < 4.78 is 28.8. The van der Waals surface area contributed by atoms with Gasteiger partial charge in [0, 0.05) is 35.9 Å². The smallest absolute Gasteiger partial charge is 0.132 e. The summed E-state index contributed by atoms with van der Waals surface area (Å²) in [6.45, 7) is -0.00178. The molecule has 0 radical (unpaired) electrons. The highest BCUT2D eigenvalue weighted by Crippen LogP contribution is 2.34. The summed E-state index contributed by atoms with van der Waals surface area (Å²) in [6, 6.07) is 7.28. The zero-order valence-electron chi connectivity index (χ0n) is 19.4. The predicted octanol–water partition coefficient (Wildman–Crippen LogP) is 2.15. The van der Waals surface area contributed by atoms with Gasteiger partial charge in [-0.2, -0.15) is 0 Å². The Kier molecular flexibility index (Phi) is 9.52. The van der Waals surface area contributed by atoms with Crippen LogP contribution in [0.3, 0.4) is 0 Å². The number of nitrogens with zero attached hydrogens (tertiary/aromatic N) is 3. The summed E-state index contributed by atoms with van der Waals surface area (Å²) in [5.41, 5.74) is 28.9. The van der Waals surface area contributed by atoms with Gasteiger partial charge in [0.15, 0.2) is 0 Å². The lowest BCUT2D eigenvalue weighted by atomic mass is 9.94. The van der Waals surface area contributed by atoms with Crippen LogP contribution in [0, 0.1) is 0 Å². The Morgan fingerprint density at radius 3 is 1.97 bits per heavy atom. The molecule has 8 N–H and O–H groups in total. The van der Waals surface area contributed by atoms with Crippen molar-refractivity contribution >= 4 is 0 Å². The van der Waals surface area contributed by atoms with Gasteiger partial charge in [0.1, 0.15) is 13.3 Å². The van der Waals surface area contributed by atoms with E-state index in [0.717, 1.165) is 28.1 Å². The monoisotopic (exact) mass is 469 g/mol. The molecule has 0 bridgehead atoms. The second-order valence-electron chi connectivity index (χ2n) is 8.05. The number of halogens is 2. The predicted molar refractivity (Wildman–Crippen MR) is 131 cm³/mol. The van der Waals surface area contributed by atoms with Crippen LogP contribution in [-0.2, 0) is 39.0 Å². The van der Waals surface area contributed by atoms with Gasteiger partial charge >= 0.3 is 0 Å². The first-order valence-electron chi connectivity index (χ1n) is 11.5. The quantitative estimate of drug-likeness (QED) is 0.318. The largest absolute Gasteiger partial charge is 0.330 e. The third-order valence-electron chi connectivity index (χ3n) is 5.64. The maximum atomic E-state index is 14.4. The summed E-state index contributed by atoms with van der Waals surface area (Å²) in [6.07, 6.45) is 3.96. The molecule has 0 aliphatic carbocycles. The molecule has 0 aromatic carbocycles. The second-order valence-corrected chi connectivity index (χ2v) is 8.05. The van der Waals surface area contributed by atoms with Crippen LogP contribution in [0.2, 0.25) is 0 Å². The summed E-state index contributed by atoms with van der Waals surface area (Å²) in [5.74, 6) is 0. The second kappa shape index (κ2) is 12.6. The van der Waals surface area contributed by atoms with E-state index >= 15 is 0 Å². The minimum absolute atomic E-state index is 0.127. The average Bonchev–Trinajstić information content (AvgIpc) is 2.84. The molecule has 0 unspecified atom stereocenters. The fourth-order valence-corrected chi connectivity index (χ4v) is 4.22. The number of hydrogen-bond donors (Lipinski definition) is 4. The summed E-state index contributed by atoms with van der Waals surface area (Å²) in [5, 5.41) is 0. The van der Waals surface area contributed by atoms with Gasteiger partial charge < -0.3 is 22.9 Å². The average molecular weight is 470 g/mol. The van der Waals surface area contributed by atoms with Crippen LogP contribution >= 0.6 is 0 Å². The van der Waals surface area contributed by atoms with Crippen molar-refractivity contribution in [1.82, 2.24) is 15.0 Å². The zero-order chi connectivity index (χ0) is 24.5. The Balaban J connectivity index is 2.25. The molecule has 3 aromatic heterocycles. The third kappa shape index (κ3) is 5.79. The first kappa shape index (κ1) is 25.8. The number of rotatable bonds is 12. The SMILES string of the molecule is NCCc1cc(CCN)nc(-c2c(CF)cc(-c3c(CCN)ccnc3CCN)nc2CF)c1. The molecular weight excluding hydrogens is 436 g/mol. The number of pyridine rings is 3. The fraction of sp³-hybridized carbons (Fsp3) is 0.400. The van der Waals surface area contributed by atoms with Crippen LogP contribution < -0.4 is 22.9 Å². The van der Waals surface area contributed by atoms with Gasteiger partial charge in [-0.3, -0.25) is 9.97 Å². The van der Waals surface area contributed by atoms with Crippen molar-refractivity contribution in [1.29, 1.82) is 0 Å². The molecule has 0 atom stereocenters. The van der Waals surface area contributed by atoms with Crippen molar-refractivity contribution in [2.75, 3.05) is 26.2 Å². The maximum absolute atomic E-state index is 14.4. The van der Waals surface area contributed by atoms with Crippen LogP contribution in [-0.4, -0.2) is 41.1 Å². The van der Waals surface area contributed by atoms with Gasteiger partial charge in [-0.15, -0.1) is 0 Å². The third-order valence-corrected chi connectivity index (χ3v) is 5.64. The van der Waals surface area contributed by atoms with Crippen LogP contribution in [0.1, 0.15) is 33.8 Å². The zero-order valence-corrected chi connectivity index (χ0v) is 19.4. The summed E-state index contributed by atoms with van der Waals surface area (Å²) >= 11 is 0. The standard InChI is InChI=1S/C25H33F2N7/c26-14-18-13-22(24-17(2-7-29)5-10-32-20(24)4-9-31)34-23(15-27)25(18)21-12-16(1-6-28)11-19(33-21)3-8-30/h5,10-13H,1-4,6-9,14-15,28-31H2. The van der Waals surface area contributed by atoms with Crippen molar-refractivity contribution in [2.24, 2.45) is 22.9 Å². The van der Waals surface area contributed by atoms with E-state index in [9.17, 15) is 8.78 Å². The Bertz CT molecular complexity index is 1030. The highest BCUT2D eigenvalue weighted by atomic mass is 19.1. The molecule has 3 heterocycles. The molecular formula is C25H33F2N7. The Morgan fingerprint density at radius 1 is 0.647 bits per heavy atom. The van der Waals surface area contributed by atoms with Gasteiger partial charge in [0.2, 0.25) is 0 Å². The number of nitrogens with two attached hydrogens (primary N) is 4. The van der Waals surface area contributed by atoms with E-state index in [0.29, 0.717) is 74.4 Å². The van der Waals surface area contributed by atoms with Crippen molar-refractivity contribution in [3.05, 3.63) is 64.2 Å². The lowest BCUT2D eigenvalue weighted by Crippen LogP contribution is -2.12. The van der Waals surface area contributed by atoms with Gasteiger partial charge in [0.05, 0.1) is 22.8 Å². The lowest BCUT2D eigenvalue weighted by Gasteiger charge is -2.18. The Labute approximate surface area is 199 Å². The van der Waals surface area contributed by atoms with E-state index in [1.807, 2.05) is 18.2 Å². The van der Waals surface area contributed by atoms with Crippen molar-refractivity contribution in [3.8, 4) is 22.5 Å². The van der Waals surface area contributed by atoms with Crippen molar-refractivity contribution in [2.45, 2.75) is 39.0 Å². The number of hydrogen-bond acceptors (Lipinski definition) is 7. The minimum atomic E-state index is -0.871. The molecule has 182 valence electrons. The van der Waals surface area contributed by atoms with Crippen LogP contribution in [0.15, 0.2) is 30.5 Å². The molecule has 0 saturated heterocycles. The van der Waals surface area contributed by atoms with Gasteiger partial charge in [-0.05, 0) is 80.0 Å². The molecule has 7 nitrogen and oxygen atoms in total. The molecule has 0 saturated carbocycles. The van der Waals surface area contributed by atoms with E-state index < -0.39 is 13.3 Å². The first-order valence-corrected chi connectivity index (χ1v) is 11.5. The molecule has 0 aliphatic rings. The Hall–Kier alpha value is -2.85. The highest BCUT2D eigenvalue weighted by molar-refractivity contribution is 5.74. The molecule has 3 aromatic rings. The van der Waals surface area contributed by atoms with Gasteiger partial charge in [-0.1, -0.05) is 0 Å². The van der Waals surface area contributed by atoms with Crippen molar-refractivity contribution < 1.29 is 8.78 Å². The van der Waals surface area contributed by atoms with Gasteiger partial charge in [0.25, 0.3) is 0 Å². The molecule has 3 rings (SSSR count). The van der Waals surface area contributed by atoms with E-state index in [4.69, 9.17) is 22.9 Å². The topological polar surface area (TPSA) is 143 Å². The van der Waals surface area contributed by atoms with E-state index in [-0.39, 0.29) is 5.69 Å². The molecule has 9 heteroatoms. The molecule has 0 fully saturated rings. The summed E-state index contributed by atoms with van der Waals surface area (Å²) in [7, 11) is 0. The molecule has 0 spiro atoms. The molecule has 0 aliphatic heterocycles. The summed E-state index contributed by atoms with van der Waals surface area (Å²) in [4.78, 5) is 13.7. The van der Waals surface area contributed by atoms with Crippen LogP contribution in [0.4, 0.5) is 8.78 Å². The number of alkyl halides is 2. The minimum Gasteiger partial charge on any atom is -0.330 e. The van der Waals surface area contributed by atoms with Crippen LogP contribution in [0.5, 0.6) is 0 Å². The number of aromatic nitrogens is 3. The fourth-order valence-electron chi connectivity index (χ4n) is 4.22. The van der Waals surface area contributed by atoms with E-state index in [1.54, 1.807) is 12.3 Å². The first-order chi connectivity index (χ1) is 16.6. The van der Waals surface area contributed by atoms with E-state index in [1.165, 1.54) is 0 Å². The van der Waals surface area contributed by atoms with Crippen LogP contribution in [0.25, 0.3) is 22.5 Å². The van der Waals surface area contributed by atoms with Crippen molar-refractivity contribution in [3.63, 3.8) is 0 Å². The molecule has 0 amide bonds. The normalized spacial score (nSPS) is 11.2. The molecule has 34 heavy (non-hydrogen) atoms. The maximum Gasteiger partial charge on any atom is 0.132 e. The van der Waals surface area contributed by atoms with E-state index in [2.05, 4.69) is 15.0 Å². The van der Waals surface area contributed by atoms with Gasteiger partial charge in [-0.25, -0.2) is 13.8 Å². The Morgan fingerprint density at radius 2 is 1.32 bits per heavy atom. The highest BCUT2D eigenvalue weighted by Gasteiger charge is 2.21. The lowest BCUT2D eigenvalue weighted by molar-refractivity contribution is 0.469.